The summed E-state index contributed by atoms with van der Waals surface area (Å²) in [5, 5.41) is 0. The minimum Gasteiger partial charge on any atom is -0.545 e. The molecule has 0 aliphatic carbocycles. The van der Waals surface area contributed by atoms with Gasteiger partial charge in [0.05, 0.1) is 0 Å². The predicted octanol–water partition coefficient (Wildman–Crippen LogP) is -0.588. The second-order valence-electron chi connectivity index (χ2n) is 0. The molecular weight excluding hydrogens is 140 g/mol. The summed E-state index contributed by atoms with van der Waals surface area (Å²) in [7, 11) is 0. The van der Waals surface area contributed by atoms with E-state index in [2.05, 4.69) is 20.2 Å². The fourth-order valence-corrected chi connectivity index (χ4v) is 0. The van der Waals surface area contributed by atoms with E-state index in [4.69, 9.17) is 14.2 Å². The third-order valence-corrected chi connectivity index (χ3v) is 0. The molecule has 0 spiro atoms. The van der Waals surface area contributed by atoms with Crippen LogP contribution in [0.2, 0.25) is 0 Å². The van der Waals surface area contributed by atoms with Gasteiger partial charge in [-0.05, 0) is 0 Å². The summed E-state index contributed by atoms with van der Waals surface area (Å²) in [5.74, 6) is 0. The van der Waals surface area contributed by atoms with Crippen LogP contribution in [0, 0.1) is 6.65 Å². The van der Waals surface area contributed by atoms with Gasteiger partial charge in [-0.15, -0.1) is 0 Å². The van der Waals surface area contributed by atoms with Crippen LogP contribution in [0.3, 0.4) is 0 Å². The van der Waals surface area contributed by atoms with Gasteiger partial charge >= 0.3 is 28.4 Å². The van der Waals surface area contributed by atoms with Gasteiger partial charge in [0.15, 0.2) is 0 Å². The van der Waals surface area contributed by atoms with E-state index in [-0.39, 0.29) is 17.1 Å². The molecule has 0 aromatic carbocycles. The van der Waals surface area contributed by atoms with E-state index in [9.17, 15) is 0 Å². The quantitative estimate of drug-likeness (QED) is 0.196. The average Bonchev–Trinajstić information content (AvgIpc) is 1.81. The molecule has 0 aromatic rings. The molecular formula is C3H2FeO3+. The molecule has 0 rings (SSSR count). The first-order valence-electron chi connectivity index (χ1n) is 0.676. The Balaban J connectivity index is -0.00000000900. The maximum atomic E-state index is 7.75. The van der Waals surface area contributed by atoms with E-state index in [0.29, 0.717) is 0 Å². The predicted molar refractivity (Wildman–Crippen MR) is 17.4 cm³/mol. The molecule has 0 N–H and O–H groups in total. The standard InChI is InChI=1S/2CHO.CO.Fe/c3*1-2;/h2*1H;;/q2*-1;;+3. The zero-order chi connectivity index (χ0) is 6.00. The van der Waals surface area contributed by atoms with E-state index in [1.807, 2.05) is 0 Å². The Morgan fingerprint density at radius 1 is 1.00 bits per heavy atom. The van der Waals surface area contributed by atoms with E-state index < -0.39 is 0 Å². The number of hydrogen-bond donors (Lipinski definition) is 0. The Hall–Kier alpha value is -0.401. The van der Waals surface area contributed by atoms with Crippen LogP contribution >= 0.6 is 0 Å². The Morgan fingerprint density at radius 2 is 1.00 bits per heavy atom. The van der Waals surface area contributed by atoms with Gasteiger partial charge in [0.1, 0.15) is 0 Å². The van der Waals surface area contributed by atoms with Crippen molar-refractivity contribution >= 4 is 13.6 Å². The molecule has 0 aromatic heterocycles. The second kappa shape index (κ2) is 738. The maximum absolute atomic E-state index is 7.75. The summed E-state index contributed by atoms with van der Waals surface area (Å²) in [5.41, 5.74) is 0. The smallest absolute Gasteiger partial charge is 0.545 e. The third kappa shape index (κ3) is 452. The molecule has 0 unspecified atom stereocenters. The maximum Gasteiger partial charge on any atom is 3.00 e. The Labute approximate surface area is 52.3 Å². The Kier molecular flexibility index (Phi) is 3230. The minimum atomic E-state index is 0. The number of carbonyl (C=O) groups excluding carboxylic acids is 2. The van der Waals surface area contributed by atoms with Crippen LogP contribution in [-0.4, -0.2) is 13.6 Å². The van der Waals surface area contributed by atoms with Crippen molar-refractivity contribution in [3.05, 3.63) is 6.65 Å². The van der Waals surface area contributed by atoms with Crippen LogP contribution in [0.15, 0.2) is 0 Å². The van der Waals surface area contributed by atoms with Gasteiger partial charge in [-0.1, -0.05) is 0 Å². The molecule has 39 valence electrons. The normalized spacial score (nSPS) is 1.43. The van der Waals surface area contributed by atoms with Crippen molar-refractivity contribution in [3.8, 4) is 0 Å². The molecule has 0 heterocycles. The summed E-state index contributed by atoms with van der Waals surface area (Å²) < 4.78 is 7.50. The molecule has 0 amide bonds. The van der Waals surface area contributed by atoms with E-state index in [0.717, 1.165) is 0 Å². The van der Waals surface area contributed by atoms with Gasteiger partial charge in [-0.25, -0.2) is 0 Å². The minimum absolute atomic E-state index is 0. The molecule has 3 nitrogen and oxygen atoms in total. The van der Waals surface area contributed by atoms with Crippen LogP contribution in [0.1, 0.15) is 0 Å². The molecule has 0 bridgehead atoms. The van der Waals surface area contributed by atoms with E-state index in [1.165, 1.54) is 0 Å². The van der Waals surface area contributed by atoms with Crippen LogP contribution in [0.5, 0.6) is 0 Å². The fraction of sp³-hybridized carbons (Fsp3) is 0. The first kappa shape index (κ1) is 30.6. The fourth-order valence-electron chi connectivity index (χ4n) is 0. The van der Waals surface area contributed by atoms with Crippen molar-refractivity contribution in [2.24, 2.45) is 0 Å². The summed E-state index contributed by atoms with van der Waals surface area (Å²) in [4.78, 5) is 15.5. The van der Waals surface area contributed by atoms with Gasteiger partial charge in [-0.3, -0.25) is 13.6 Å². The van der Waals surface area contributed by atoms with Crippen LogP contribution in [0.25, 0.3) is 0 Å². The van der Waals surface area contributed by atoms with Gasteiger partial charge in [0.25, 0.3) is 0 Å². The second-order valence-corrected chi connectivity index (χ2v) is 0. The molecule has 4 heteroatoms. The van der Waals surface area contributed by atoms with Crippen molar-refractivity contribution in [3.63, 3.8) is 0 Å². The third-order valence-electron chi connectivity index (χ3n) is 0. The first-order valence-corrected chi connectivity index (χ1v) is 0.676. The number of rotatable bonds is 0. The average molecular weight is 142 g/mol. The molecule has 0 aliphatic rings. The Bertz CT molecular complexity index is 26.6. The van der Waals surface area contributed by atoms with Crippen molar-refractivity contribution in [2.75, 3.05) is 0 Å². The Morgan fingerprint density at radius 3 is 1.00 bits per heavy atom. The first-order chi connectivity index (χ1) is 3.00. The zero-order valence-electron chi connectivity index (χ0n) is 3.23. The van der Waals surface area contributed by atoms with Gasteiger partial charge in [0, 0.05) is 0 Å². The topological polar surface area (TPSA) is 54.0 Å². The summed E-state index contributed by atoms with van der Waals surface area (Å²) in [6.45, 7) is 11.0. The van der Waals surface area contributed by atoms with Crippen molar-refractivity contribution < 1.29 is 31.3 Å². The summed E-state index contributed by atoms with van der Waals surface area (Å²) >= 11 is 0. The van der Waals surface area contributed by atoms with Gasteiger partial charge in [0.2, 0.25) is 0 Å². The zero-order valence-corrected chi connectivity index (χ0v) is 4.34. The van der Waals surface area contributed by atoms with Crippen molar-refractivity contribution in [1.29, 1.82) is 0 Å². The summed E-state index contributed by atoms with van der Waals surface area (Å²) in [6, 6.07) is 0. The molecule has 0 aliphatic heterocycles. The SMILES string of the molecule is [C-]#[O+].[CH-]=O.[CH-]=O.[Fe+3]. The van der Waals surface area contributed by atoms with Crippen LogP contribution < -0.4 is 0 Å². The monoisotopic (exact) mass is 142 g/mol. The van der Waals surface area contributed by atoms with Crippen molar-refractivity contribution in [2.45, 2.75) is 0 Å². The van der Waals surface area contributed by atoms with E-state index in [1.54, 1.807) is 0 Å². The molecule has 1 radical (unpaired) electrons. The summed E-state index contributed by atoms with van der Waals surface area (Å²) in [6.07, 6.45) is 0. The largest absolute Gasteiger partial charge is 3.00 e. The van der Waals surface area contributed by atoms with Crippen molar-refractivity contribution in [1.82, 2.24) is 0 Å². The molecule has 0 saturated carbocycles. The van der Waals surface area contributed by atoms with Gasteiger partial charge < -0.3 is 9.59 Å². The molecule has 0 atom stereocenters. The van der Waals surface area contributed by atoms with Crippen LogP contribution in [0.4, 0.5) is 0 Å². The van der Waals surface area contributed by atoms with E-state index >= 15 is 0 Å². The molecule has 0 fully saturated rings. The number of hydrogen-bond acceptors (Lipinski definition) is 2. The molecule has 7 heavy (non-hydrogen) atoms. The van der Waals surface area contributed by atoms with Crippen LogP contribution in [-0.2, 0) is 31.3 Å². The van der Waals surface area contributed by atoms with Gasteiger partial charge in [-0.2, -0.15) is 0 Å². The molecule has 0 saturated heterocycles.